The van der Waals surface area contributed by atoms with Gasteiger partial charge in [0.2, 0.25) is 21.8 Å². The first-order valence-electron chi connectivity index (χ1n) is 9.30. The number of hydrogen-bond acceptors (Lipinski definition) is 6. The first-order chi connectivity index (χ1) is 16.2. The van der Waals surface area contributed by atoms with Crippen LogP contribution in [0.2, 0.25) is 0 Å². The Morgan fingerprint density at radius 3 is 2.37 bits per heavy atom. The van der Waals surface area contributed by atoms with Crippen molar-refractivity contribution in [3.8, 4) is 28.8 Å². The van der Waals surface area contributed by atoms with Crippen molar-refractivity contribution in [3.05, 3.63) is 60.0 Å². The smallest absolute Gasteiger partial charge is 0.416 e. The van der Waals surface area contributed by atoms with Crippen LogP contribution in [0.1, 0.15) is 5.56 Å². The molecule has 188 valence electrons. The highest BCUT2D eigenvalue weighted by atomic mass is 32.2. The molecule has 7 nitrogen and oxygen atoms in total. The lowest BCUT2D eigenvalue weighted by atomic mass is 10.1. The van der Waals surface area contributed by atoms with E-state index in [1.165, 1.54) is 6.07 Å². The summed E-state index contributed by atoms with van der Waals surface area (Å²) in [5, 5.41) is 0. The number of methoxy groups -OCH3 is 1. The molecule has 0 saturated heterocycles. The van der Waals surface area contributed by atoms with Crippen LogP contribution in [0, 0.1) is 5.82 Å². The lowest BCUT2D eigenvalue weighted by Crippen LogP contribution is -2.28. The second-order valence-corrected chi connectivity index (χ2v) is 8.59. The first-order valence-corrected chi connectivity index (χ1v) is 11.0. The standard InChI is InChI=1S/C20H14F7N3O4S/c1-33-18-15(30-35(31,32)10-19(22,23)24)7-11(9-28-18)17-14(21)5-6-16(29-17)34-13-4-2-3-12(8-13)20(25,26)27/h2-9,30H,10H2,1H3. The quantitative estimate of drug-likeness (QED) is 0.415. The van der Waals surface area contributed by atoms with E-state index in [4.69, 9.17) is 9.47 Å². The maximum absolute atomic E-state index is 14.5. The molecule has 0 bridgehead atoms. The van der Waals surface area contributed by atoms with Crippen molar-refractivity contribution in [2.45, 2.75) is 12.4 Å². The van der Waals surface area contributed by atoms with Crippen molar-refractivity contribution < 1.29 is 48.6 Å². The number of nitrogens with zero attached hydrogens (tertiary/aromatic N) is 2. The van der Waals surface area contributed by atoms with Gasteiger partial charge < -0.3 is 9.47 Å². The number of aromatic nitrogens is 2. The van der Waals surface area contributed by atoms with Gasteiger partial charge in [0, 0.05) is 17.8 Å². The van der Waals surface area contributed by atoms with Gasteiger partial charge in [0.1, 0.15) is 22.9 Å². The summed E-state index contributed by atoms with van der Waals surface area (Å²) in [6, 6.07) is 6.66. The zero-order chi connectivity index (χ0) is 26.0. The molecular formula is C20H14F7N3O4S. The lowest BCUT2D eigenvalue weighted by Gasteiger charge is -2.14. The molecular weight excluding hydrogens is 511 g/mol. The van der Waals surface area contributed by atoms with Crippen molar-refractivity contribution in [1.82, 2.24) is 9.97 Å². The number of halogens is 7. The van der Waals surface area contributed by atoms with E-state index in [-0.39, 0.29) is 17.2 Å². The molecule has 0 unspecified atom stereocenters. The van der Waals surface area contributed by atoms with Crippen LogP contribution in [0.25, 0.3) is 11.3 Å². The Morgan fingerprint density at radius 2 is 1.74 bits per heavy atom. The molecule has 0 radical (unpaired) electrons. The highest BCUT2D eigenvalue weighted by molar-refractivity contribution is 7.92. The van der Waals surface area contributed by atoms with Gasteiger partial charge in [-0.2, -0.15) is 26.3 Å². The fourth-order valence-electron chi connectivity index (χ4n) is 2.78. The van der Waals surface area contributed by atoms with Crippen LogP contribution in [0.15, 0.2) is 48.7 Å². The van der Waals surface area contributed by atoms with Gasteiger partial charge in [-0.05, 0) is 30.3 Å². The van der Waals surface area contributed by atoms with E-state index in [9.17, 15) is 39.2 Å². The van der Waals surface area contributed by atoms with E-state index in [1.54, 1.807) is 4.72 Å². The second-order valence-electron chi connectivity index (χ2n) is 6.86. The molecule has 2 aromatic heterocycles. The van der Waals surface area contributed by atoms with Gasteiger partial charge in [0.25, 0.3) is 0 Å². The van der Waals surface area contributed by atoms with Gasteiger partial charge in [-0.25, -0.2) is 22.8 Å². The van der Waals surface area contributed by atoms with Gasteiger partial charge in [-0.1, -0.05) is 6.07 Å². The Balaban J connectivity index is 1.96. The monoisotopic (exact) mass is 525 g/mol. The van der Waals surface area contributed by atoms with Crippen LogP contribution in [-0.2, 0) is 16.2 Å². The van der Waals surface area contributed by atoms with Gasteiger partial charge in [-0.3, -0.25) is 4.72 Å². The third-order valence-corrected chi connectivity index (χ3v) is 5.38. The maximum atomic E-state index is 14.5. The summed E-state index contributed by atoms with van der Waals surface area (Å²) in [5.41, 5.74) is -2.18. The number of hydrogen-bond donors (Lipinski definition) is 1. The van der Waals surface area contributed by atoms with E-state index in [0.29, 0.717) is 6.07 Å². The normalized spacial score (nSPS) is 12.3. The van der Waals surface area contributed by atoms with E-state index < -0.39 is 56.8 Å². The zero-order valence-corrected chi connectivity index (χ0v) is 18.2. The van der Waals surface area contributed by atoms with Crippen LogP contribution >= 0.6 is 0 Å². The van der Waals surface area contributed by atoms with E-state index in [2.05, 4.69) is 9.97 Å². The number of alkyl halides is 6. The van der Waals surface area contributed by atoms with Crippen LogP contribution in [0.4, 0.5) is 36.4 Å². The van der Waals surface area contributed by atoms with Crippen molar-refractivity contribution in [2.24, 2.45) is 0 Å². The molecule has 0 aliphatic carbocycles. The SMILES string of the molecule is COc1ncc(-c2nc(Oc3cccc(C(F)(F)F)c3)ccc2F)cc1NS(=O)(=O)CC(F)(F)F. The van der Waals surface area contributed by atoms with Gasteiger partial charge >= 0.3 is 12.4 Å². The zero-order valence-electron chi connectivity index (χ0n) is 17.4. The Bertz CT molecular complexity index is 1330. The van der Waals surface area contributed by atoms with Crippen LogP contribution in [-0.4, -0.2) is 37.4 Å². The summed E-state index contributed by atoms with van der Waals surface area (Å²) >= 11 is 0. The third-order valence-electron chi connectivity index (χ3n) is 4.14. The molecule has 0 aliphatic rings. The summed E-state index contributed by atoms with van der Waals surface area (Å²) in [6.45, 7) is 0. The Kier molecular flexibility index (Phi) is 7.10. The average molecular weight is 525 g/mol. The number of benzene rings is 1. The Hall–Kier alpha value is -3.62. The van der Waals surface area contributed by atoms with E-state index in [1.807, 2.05) is 0 Å². The van der Waals surface area contributed by atoms with Gasteiger partial charge in [0.15, 0.2) is 5.75 Å². The fraction of sp³-hybridized carbons (Fsp3) is 0.200. The minimum Gasteiger partial charge on any atom is -0.480 e. The minimum atomic E-state index is -5.03. The summed E-state index contributed by atoms with van der Waals surface area (Å²) in [4.78, 5) is 7.61. The summed E-state index contributed by atoms with van der Waals surface area (Å²) in [5.74, 6) is -4.14. The highest BCUT2D eigenvalue weighted by Gasteiger charge is 2.35. The molecule has 0 spiro atoms. The summed E-state index contributed by atoms with van der Waals surface area (Å²) in [6.07, 6.45) is -8.67. The minimum absolute atomic E-state index is 0.192. The molecule has 0 saturated carbocycles. The van der Waals surface area contributed by atoms with Crippen LogP contribution in [0.5, 0.6) is 17.5 Å². The number of ether oxygens (including phenoxy) is 2. The molecule has 0 amide bonds. The maximum Gasteiger partial charge on any atom is 0.416 e. The average Bonchev–Trinajstić information content (AvgIpc) is 2.72. The van der Waals surface area contributed by atoms with Crippen molar-refractivity contribution in [1.29, 1.82) is 0 Å². The molecule has 1 aromatic carbocycles. The largest absolute Gasteiger partial charge is 0.480 e. The van der Waals surface area contributed by atoms with E-state index in [0.717, 1.165) is 43.6 Å². The van der Waals surface area contributed by atoms with Crippen LogP contribution in [0.3, 0.4) is 0 Å². The van der Waals surface area contributed by atoms with Gasteiger partial charge in [0.05, 0.1) is 12.7 Å². The van der Waals surface area contributed by atoms with Crippen molar-refractivity contribution in [3.63, 3.8) is 0 Å². The topological polar surface area (TPSA) is 90.4 Å². The molecule has 35 heavy (non-hydrogen) atoms. The number of anilines is 1. The molecule has 0 atom stereocenters. The molecule has 15 heteroatoms. The highest BCUT2D eigenvalue weighted by Crippen LogP contribution is 2.34. The molecule has 0 fully saturated rings. The lowest BCUT2D eigenvalue weighted by molar-refractivity contribution is -0.137. The third kappa shape index (κ3) is 6.94. The number of pyridine rings is 2. The van der Waals surface area contributed by atoms with Crippen molar-refractivity contribution >= 4 is 15.7 Å². The predicted molar refractivity (Wildman–Crippen MR) is 109 cm³/mol. The summed E-state index contributed by atoms with van der Waals surface area (Å²) < 4.78 is 126. The van der Waals surface area contributed by atoms with Crippen LogP contribution < -0.4 is 14.2 Å². The number of nitrogens with one attached hydrogen (secondary N) is 1. The fourth-order valence-corrected chi connectivity index (χ4v) is 3.76. The van der Waals surface area contributed by atoms with Crippen molar-refractivity contribution in [2.75, 3.05) is 17.6 Å². The molecule has 3 rings (SSSR count). The van der Waals surface area contributed by atoms with E-state index >= 15 is 0 Å². The number of rotatable bonds is 7. The molecule has 2 heterocycles. The first kappa shape index (κ1) is 26.0. The number of sulfonamides is 1. The Morgan fingerprint density at radius 1 is 1.03 bits per heavy atom. The predicted octanol–water partition coefficient (Wildman–Crippen LogP) is 5.41. The molecule has 0 aliphatic heterocycles. The summed E-state index contributed by atoms with van der Waals surface area (Å²) in [7, 11) is -3.85. The second kappa shape index (κ2) is 9.56. The Labute approximate surface area is 193 Å². The molecule has 3 aromatic rings. The molecule has 1 N–H and O–H groups in total. The van der Waals surface area contributed by atoms with Gasteiger partial charge in [-0.15, -0.1) is 0 Å².